The van der Waals surface area contributed by atoms with Crippen LogP contribution in [0, 0.1) is 17.8 Å². The number of anilines is 2. The fraction of sp³-hybridized carbons (Fsp3) is 0.485. The molecule has 4 rings (SSSR count). The van der Waals surface area contributed by atoms with Gasteiger partial charge in [0.05, 0.1) is 41.4 Å². The van der Waals surface area contributed by atoms with Crippen molar-refractivity contribution in [3.8, 4) is 17.6 Å². The van der Waals surface area contributed by atoms with Crippen molar-refractivity contribution in [2.24, 2.45) is 5.92 Å². The summed E-state index contributed by atoms with van der Waals surface area (Å²) in [5, 5.41) is 17.5. The number of methoxy groups -OCH3 is 1. The maximum Gasteiger partial charge on any atom is 0.406 e. The highest BCUT2D eigenvalue weighted by Gasteiger charge is 2.30. The first kappa shape index (κ1) is 35.9. The molecular formula is C33H41F3N4O6S. The van der Waals surface area contributed by atoms with Gasteiger partial charge in [-0.1, -0.05) is 25.8 Å². The van der Waals surface area contributed by atoms with Crippen LogP contribution in [0.2, 0.25) is 0 Å². The molecule has 1 aromatic heterocycles. The minimum absolute atomic E-state index is 0.0555. The highest BCUT2D eigenvalue weighted by molar-refractivity contribution is 7.90. The first-order valence-corrected chi connectivity index (χ1v) is 17.2. The third-order valence-electron chi connectivity index (χ3n) is 7.77. The zero-order valence-corrected chi connectivity index (χ0v) is 27.7. The summed E-state index contributed by atoms with van der Waals surface area (Å²) in [5.41, 5.74) is 1.81. The number of nitrogens with one attached hydrogen (secondary N) is 2. The van der Waals surface area contributed by atoms with E-state index >= 15 is 0 Å². The van der Waals surface area contributed by atoms with Gasteiger partial charge in [-0.15, -0.1) is 0 Å². The van der Waals surface area contributed by atoms with E-state index in [1.165, 1.54) is 19.2 Å². The number of aliphatic hydroxyl groups is 1. The van der Waals surface area contributed by atoms with E-state index in [-0.39, 0.29) is 41.7 Å². The predicted octanol–water partition coefficient (Wildman–Crippen LogP) is 4.52. The van der Waals surface area contributed by atoms with Gasteiger partial charge in [0.2, 0.25) is 0 Å². The Morgan fingerprint density at radius 2 is 1.85 bits per heavy atom. The van der Waals surface area contributed by atoms with E-state index in [9.17, 15) is 31.5 Å². The molecule has 3 aromatic rings. The van der Waals surface area contributed by atoms with E-state index in [0.717, 1.165) is 23.7 Å². The van der Waals surface area contributed by atoms with Crippen molar-refractivity contribution in [3.63, 3.8) is 0 Å². The van der Waals surface area contributed by atoms with Crippen LogP contribution in [0.5, 0.6) is 5.75 Å². The van der Waals surface area contributed by atoms with Gasteiger partial charge in [-0.05, 0) is 49.1 Å². The number of ether oxygens (including phenoxy) is 2. The molecule has 2 heterocycles. The highest BCUT2D eigenvalue weighted by Crippen LogP contribution is 2.32. The Kier molecular flexibility index (Phi) is 11.7. The van der Waals surface area contributed by atoms with Crippen molar-refractivity contribution in [3.05, 3.63) is 48.2 Å². The molecule has 0 bridgehead atoms. The number of carbonyl (C=O) groups is 1. The van der Waals surface area contributed by atoms with Crippen LogP contribution in [0.25, 0.3) is 10.9 Å². The van der Waals surface area contributed by atoms with E-state index in [4.69, 9.17) is 9.47 Å². The molecule has 1 aliphatic heterocycles. The lowest BCUT2D eigenvalue weighted by atomic mass is 10.0. The number of fused-ring (bicyclic) bond motifs is 1. The summed E-state index contributed by atoms with van der Waals surface area (Å²) in [6.07, 6.45) is -2.66. The number of nitrogens with zero attached hydrogens (tertiary/aromatic N) is 2. The number of hydrogen-bond donors (Lipinski definition) is 3. The summed E-state index contributed by atoms with van der Waals surface area (Å²) in [6, 6.07) is 11.3. The standard InChI is InChI=1S/C33H41F3N4O6S/c1-22(2)32(42)46-20-25(41)19-39-15-12-23(13-16-39)38-28-8-5-9-30-27(28)17-24(40(30)21-33(34,35)36)7-6-14-37-29-11-10-26(47(4,43)44)18-31(29)45-3/h5,8-11,17-18,22-23,25,37-38,41H,12-16,19-21H2,1-4H3. The summed E-state index contributed by atoms with van der Waals surface area (Å²) in [6.45, 7) is 4.05. The molecular weight excluding hydrogens is 637 g/mol. The first-order valence-electron chi connectivity index (χ1n) is 15.3. The minimum Gasteiger partial charge on any atom is -0.495 e. The zero-order valence-electron chi connectivity index (χ0n) is 26.9. The number of hydrogen-bond acceptors (Lipinski definition) is 9. The highest BCUT2D eigenvalue weighted by atomic mass is 32.2. The summed E-state index contributed by atoms with van der Waals surface area (Å²) in [7, 11) is -2.03. The lowest BCUT2D eigenvalue weighted by molar-refractivity contribution is -0.150. The number of aromatic nitrogens is 1. The number of esters is 1. The van der Waals surface area contributed by atoms with Crippen molar-refractivity contribution in [2.75, 3.05) is 56.8 Å². The average molecular weight is 679 g/mol. The number of likely N-dealkylation sites (tertiary alicyclic amines) is 1. The molecule has 10 nitrogen and oxygen atoms in total. The average Bonchev–Trinajstić information content (AvgIpc) is 3.34. The maximum absolute atomic E-state index is 13.7. The van der Waals surface area contributed by atoms with E-state index in [0.29, 0.717) is 47.7 Å². The summed E-state index contributed by atoms with van der Waals surface area (Å²) in [5.74, 6) is 5.43. The summed E-state index contributed by atoms with van der Waals surface area (Å²) < 4.78 is 76.3. The van der Waals surface area contributed by atoms with Crippen molar-refractivity contribution in [1.29, 1.82) is 0 Å². The van der Waals surface area contributed by atoms with Crippen LogP contribution < -0.4 is 15.4 Å². The fourth-order valence-corrected chi connectivity index (χ4v) is 6.00. The van der Waals surface area contributed by atoms with Gasteiger partial charge in [0, 0.05) is 49.1 Å². The number of β-amino-alcohol motifs (C(OH)–C–C–N with tert-alkyl or cyclic N) is 1. The van der Waals surface area contributed by atoms with Gasteiger partial charge >= 0.3 is 12.1 Å². The van der Waals surface area contributed by atoms with Gasteiger partial charge in [0.1, 0.15) is 25.0 Å². The Hall–Kier alpha value is -3.93. The van der Waals surface area contributed by atoms with E-state index in [2.05, 4.69) is 27.4 Å². The van der Waals surface area contributed by atoms with Crippen LogP contribution in [0.4, 0.5) is 24.5 Å². The Labute approximate surface area is 273 Å². The van der Waals surface area contributed by atoms with E-state index in [1.54, 1.807) is 38.1 Å². The lowest BCUT2D eigenvalue weighted by Gasteiger charge is -2.34. The molecule has 0 aliphatic carbocycles. The van der Waals surface area contributed by atoms with Gasteiger partial charge in [0.25, 0.3) is 0 Å². The van der Waals surface area contributed by atoms with Gasteiger partial charge in [-0.2, -0.15) is 13.2 Å². The minimum atomic E-state index is -4.47. The van der Waals surface area contributed by atoms with Crippen LogP contribution in [0.15, 0.2) is 47.4 Å². The largest absolute Gasteiger partial charge is 0.495 e. The number of sulfone groups is 1. The lowest BCUT2D eigenvalue weighted by Crippen LogP contribution is -2.43. The van der Waals surface area contributed by atoms with Gasteiger partial charge in [0.15, 0.2) is 9.84 Å². The molecule has 1 saturated heterocycles. The van der Waals surface area contributed by atoms with Crippen LogP contribution in [-0.4, -0.2) is 93.4 Å². The zero-order chi connectivity index (χ0) is 34.4. The molecule has 47 heavy (non-hydrogen) atoms. The Bertz CT molecular complexity index is 1720. The number of aliphatic hydroxyl groups excluding tert-OH is 1. The molecule has 3 N–H and O–H groups in total. The van der Waals surface area contributed by atoms with Crippen LogP contribution in [0.1, 0.15) is 32.4 Å². The first-order chi connectivity index (χ1) is 22.1. The monoisotopic (exact) mass is 678 g/mol. The summed E-state index contributed by atoms with van der Waals surface area (Å²) >= 11 is 0. The van der Waals surface area contributed by atoms with Crippen molar-refractivity contribution >= 4 is 38.1 Å². The molecule has 0 saturated carbocycles. The molecule has 0 radical (unpaired) electrons. The predicted molar refractivity (Wildman–Crippen MR) is 174 cm³/mol. The number of halogens is 3. The quantitative estimate of drug-likeness (QED) is 0.188. The number of carbonyl (C=O) groups excluding carboxylic acids is 1. The molecule has 1 atom stereocenters. The molecule has 0 amide bonds. The number of piperidine rings is 1. The second kappa shape index (κ2) is 15.3. The molecule has 256 valence electrons. The van der Waals surface area contributed by atoms with Gasteiger partial charge < -0.3 is 34.7 Å². The Balaban J connectivity index is 1.45. The number of alkyl halides is 3. The van der Waals surface area contributed by atoms with Crippen LogP contribution in [0.3, 0.4) is 0 Å². The molecule has 1 fully saturated rings. The second-order valence-electron chi connectivity index (χ2n) is 11.9. The molecule has 14 heteroatoms. The van der Waals surface area contributed by atoms with E-state index < -0.39 is 28.7 Å². The third-order valence-corrected chi connectivity index (χ3v) is 8.88. The Morgan fingerprint density at radius 1 is 1.13 bits per heavy atom. The molecule has 1 aliphatic rings. The molecule has 1 unspecified atom stereocenters. The molecule has 0 spiro atoms. The fourth-order valence-electron chi connectivity index (χ4n) is 5.36. The van der Waals surface area contributed by atoms with Gasteiger partial charge in [-0.25, -0.2) is 8.42 Å². The number of rotatable bonds is 12. The topological polar surface area (TPSA) is 122 Å². The van der Waals surface area contributed by atoms with E-state index in [1.807, 2.05) is 6.07 Å². The number of benzene rings is 2. The van der Waals surface area contributed by atoms with Gasteiger partial charge in [-0.3, -0.25) is 4.79 Å². The SMILES string of the molecule is COc1cc(S(C)(=O)=O)ccc1NCC#Cc1cc2c(NC3CCN(CC(O)COC(=O)C(C)C)CC3)cccc2n1CC(F)(F)F. The van der Waals surface area contributed by atoms with Crippen molar-refractivity contribution in [1.82, 2.24) is 9.47 Å². The van der Waals surface area contributed by atoms with Crippen LogP contribution >= 0.6 is 0 Å². The summed E-state index contributed by atoms with van der Waals surface area (Å²) in [4.78, 5) is 13.9. The second-order valence-corrected chi connectivity index (χ2v) is 13.9. The molecule has 2 aromatic carbocycles. The van der Waals surface area contributed by atoms with Crippen molar-refractivity contribution < 1.29 is 41.0 Å². The van der Waals surface area contributed by atoms with Crippen LogP contribution in [-0.2, 0) is 25.9 Å². The normalized spacial score (nSPS) is 15.3. The smallest absolute Gasteiger partial charge is 0.406 e. The maximum atomic E-state index is 13.7. The van der Waals surface area contributed by atoms with Crippen molar-refractivity contribution in [2.45, 2.75) is 56.5 Å². The third kappa shape index (κ3) is 10.0. The Morgan fingerprint density at radius 3 is 2.49 bits per heavy atom.